The van der Waals surface area contributed by atoms with Crippen molar-refractivity contribution in [2.75, 3.05) is 7.11 Å². The summed E-state index contributed by atoms with van der Waals surface area (Å²) >= 11 is 1.59. The van der Waals surface area contributed by atoms with E-state index >= 15 is 0 Å². The van der Waals surface area contributed by atoms with Gasteiger partial charge >= 0.3 is 5.97 Å². The van der Waals surface area contributed by atoms with E-state index in [0.717, 1.165) is 18.0 Å². The number of benzene rings is 1. The molecule has 0 saturated carbocycles. The molecular formula is C18H19NO2S. The van der Waals surface area contributed by atoms with Gasteiger partial charge in [0, 0.05) is 24.0 Å². The van der Waals surface area contributed by atoms with Crippen LogP contribution in [0.1, 0.15) is 50.1 Å². The third kappa shape index (κ3) is 2.27. The summed E-state index contributed by atoms with van der Waals surface area (Å²) in [5.74, 6) is -0.214. The van der Waals surface area contributed by atoms with Crippen molar-refractivity contribution in [2.45, 2.75) is 38.4 Å². The summed E-state index contributed by atoms with van der Waals surface area (Å²) in [7, 11) is 1.44. The molecule has 2 heterocycles. The van der Waals surface area contributed by atoms with Crippen molar-refractivity contribution < 1.29 is 9.53 Å². The second-order valence-corrected chi connectivity index (χ2v) is 7.20. The number of hydrogen-bond donors (Lipinski definition) is 0. The van der Waals surface area contributed by atoms with Crippen molar-refractivity contribution in [2.24, 2.45) is 0 Å². The lowest BCUT2D eigenvalue weighted by Gasteiger charge is -2.33. The molecule has 1 aromatic heterocycles. The van der Waals surface area contributed by atoms with Crippen LogP contribution in [0.2, 0.25) is 0 Å². The molecule has 2 aliphatic rings. The maximum atomic E-state index is 11.6. The van der Waals surface area contributed by atoms with Gasteiger partial charge in [-0.05, 0) is 42.0 Å². The standard InChI is InChI=1S/C18H19NO2S/c1-21-18(20)16-9-13-10-19(11-17(13)22-16)15-8-4-6-12-5-2-3-7-14(12)15/h2-3,5,7,9,15H,4,6,8,10-11H2,1H3. The summed E-state index contributed by atoms with van der Waals surface area (Å²) < 4.78 is 4.82. The highest BCUT2D eigenvalue weighted by Crippen LogP contribution is 2.41. The lowest BCUT2D eigenvalue weighted by atomic mass is 9.87. The molecule has 1 aliphatic carbocycles. The van der Waals surface area contributed by atoms with E-state index in [-0.39, 0.29) is 5.97 Å². The number of carbonyl (C=O) groups is 1. The van der Waals surface area contributed by atoms with Crippen molar-refractivity contribution in [3.05, 3.63) is 56.8 Å². The van der Waals surface area contributed by atoms with Gasteiger partial charge in [-0.1, -0.05) is 24.3 Å². The molecule has 0 N–H and O–H groups in total. The topological polar surface area (TPSA) is 29.5 Å². The fourth-order valence-corrected chi connectivity index (χ4v) is 4.84. The SMILES string of the molecule is COC(=O)c1cc2c(s1)CN(C1CCCc3ccccc31)C2. The van der Waals surface area contributed by atoms with Gasteiger partial charge in [0.1, 0.15) is 4.88 Å². The van der Waals surface area contributed by atoms with Crippen molar-refractivity contribution in [3.8, 4) is 0 Å². The number of methoxy groups -OCH3 is 1. The summed E-state index contributed by atoms with van der Waals surface area (Å²) in [6, 6.07) is 11.4. The first-order valence-electron chi connectivity index (χ1n) is 7.78. The Morgan fingerprint density at radius 1 is 1.27 bits per heavy atom. The quantitative estimate of drug-likeness (QED) is 0.787. The van der Waals surface area contributed by atoms with Crippen LogP contribution in [0.25, 0.3) is 0 Å². The van der Waals surface area contributed by atoms with Gasteiger partial charge in [-0.15, -0.1) is 11.3 Å². The molecule has 1 aromatic carbocycles. The van der Waals surface area contributed by atoms with Crippen LogP contribution in [0, 0.1) is 0 Å². The molecule has 0 saturated heterocycles. The van der Waals surface area contributed by atoms with E-state index in [1.807, 2.05) is 6.07 Å². The van der Waals surface area contributed by atoms with E-state index in [0.29, 0.717) is 6.04 Å². The van der Waals surface area contributed by atoms with Gasteiger partial charge < -0.3 is 4.74 Å². The Bertz CT molecular complexity index is 698. The smallest absolute Gasteiger partial charge is 0.348 e. The molecule has 1 unspecified atom stereocenters. The summed E-state index contributed by atoms with van der Waals surface area (Å²) in [6.07, 6.45) is 3.70. The molecule has 22 heavy (non-hydrogen) atoms. The molecule has 0 amide bonds. The highest BCUT2D eigenvalue weighted by atomic mass is 32.1. The minimum Gasteiger partial charge on any atom is -0.465 e. The average molecular weight is 313 g/mol. The maximum Gasteiger partial charge on any atom is 0.348 e. The lowest BCUT2D eigenvalue weighted by Crippen LogP contribution is -2.26. The maximum absolute atomic E-state index is 11.6. The van der Waals surface area contributed by atoms with Gasteiger partial charge in [-0.25, -0.2) is 4.79 Å². The number of fused-ring (bicyclic) bond motifs is 2. The number of esters is 1. The monoisotopic (exact) mass is 313 g/mol. The van der Waals surface area contributed by atoms with Crippen molar-refractivity contribution in [1.29, 1.82) is 0 Å². The van der Waals surface area contributed by atoms with E-state index in [2.05, 4.69) is 29.2 Å². The van der Waals surface area contributed by atoms with E-state index in [1.54, 1.807) is 11.3 Å². The largest absolute Gasteiger partial charge is 0.465 e. The van der Waals surface area contributed by atoms with E-state index in [4.69, 9.17) is 4.74 Å². The molecular weight excluding hydrogens is 294 g/mol. The zero-order valence-electron chi connectivity index (χ0n) is 12.7. The molecule has 2 aromatic rings. The molecule has 4 rings (SSSR count). The van der Waals surface area contributed by atoms with Crippen LogP contribution in [0.3, 0.4) is 0 Å². The van der Waals surface area contributed by atoms with Crippen molar-refractivity contribution in [1.82, 2.24) is 4.90 Å². The van der Waals surface area contributed by atoms with Gasteiger partial charge in [0.25, 0.3) is 0 Å². The summed E-state index contributed by atoms with van der Waals surface area (Å²) in [5.41, 5.74) is 4.30. The first-order chi connectivity index (χ1) is 10.8. The third-order valence-electron chi connectivity index (χ3n) is 4.78. The summed E-state index contributed by atoms with van der Waals surface area (Å²) in [4.78, 5) is 16.3. The molecule has 1 aliphatic heterocycles. The molecule has 0 fully saturated rings. The minimum atomic E-state index is -0.214. The van der Waals surface area contributed by atoms with E-state index in [1.165, 1.54) is 47.9 Å². The Morgan fingerprint density at radius 2 is 2.14 bits per heavy atom. The normalized spacial score (nSPS) is 20.5. The first kappa shape index (κ1) is 14.0. The average Bonchev–Trinajstić information content (AvgIpc) is 3.12. The zero-order chi connectivity index (χ0) is 15.1. The Labute approximate surface area is 134 Å². The molecule has 0 spiro atoms. The highest BCUT2D eigenvalue weighted by Gasteiger charge is 2.32. The van der Waals surface area contributed by atoms with Crippen molar-refractivity contribution >= 4 is 17.3 Å². The Hall–Kier alpha value is -1.65. The molecule has 1 atom stereocenters. The number of aryl methyl sites for hydroxylation is 1. The first-order valence-corrected chi connectivity index (χ1v) is 8.59. The predicted octanol–water partition coefficient (Wildman–Crippen LogP) is 3.93. The van der Waals surface area contributed by atoms with E-state index in [9.17, 15) is 4.79 Å². The summed E-state index contributed by atoms with van der Waals surface area (Å²) in [5, 5.41) is 0. The number of thiophene rings is 1. The van der Waals surface area contributed by atoms with Crippen LogP contribution in [0.15, 0.2) is 30.3 Å². The van der Waals surface area contributed by atoms with Gasteiger partial charge in [-0.3, -0.25) is 4.90 Å². The number of nitrogens with zero attached hydrogens (tertiary/aromatic N) is 1. The number of ether oxygens (including phenoxy) is 1. The third-order valence-corrected chi connectivity index (χ3v) is 5.92. The fraction of sp³-hybridized carbons (Fsp3) is 0.389. The van der Waals surface area contributed by atoms with Gasteiger partial charge in [-0.2, -0.15) is 0 Å². The Kier molecular flexibility index (Phi) is 3.51. The van der Waals surface area contributed by atoms with Crippen LogP contribution >= 0.6 is 11.3 Å². The second-order valence-electron chi connectivity index (χ2n) is 6.06. The van der Waals surface area contributed by atoms with Crippen LogP contribution in [0.5, 0.6) is 0 Å². The van der Waals surface area contributed by atoms with Gasteiger partial charge in [0.15, 0.2) is 0 Å². The van der Waals surface area contributed by atoms with Crippen LogP contribution in [-0.4, -0.2) is 18.0 Å². The van der Waals surface area contributed by atoms with Crippen LogP contribution in [0.4, 0.5) is 0 Å². The fourth-order valence-electron chi connectivity index (χ4n) is 3.72. The zero-order valence-corrected chi connectivity index (χ0v) is 13.5. The van der Waals surface area contributed by atoms with E-state index < -0.39 is 0 Å². The number of rotatable bonds is 2. The number of hydrogen-bond acceptors (Lipinski definition) is 4. The number of carbonyl (C=O) groups excluding carboxylic acids is 1. The molecule has 3 nitrogen and oxygen atoms in total. The lowest BCUT2D eigenvalue weighted by molar-refractivity contribution is 0.0606. The minimum absolute atomic E-state index is 0.214. The molecule has 0 radical (unpaired) electrons. The molecule has 4 heteroatoms. The predicted molar refractivity (Wildman–Crippen MR) is 87.0 cm³/mol. The van der Waals surface area contributed by atoms with Crippen LogP contribution < -0.4 is 0 Å². The Morgan fingerprint density at radius 3 is 2.95 bits per heavy atom. The van der Waals surface area contributed by atoms with Crippen LogP contribution in [-0.2, 0) is 24.2 Å². The second kappa shape index (κ2) is 5.52. The molecule has 114 valence electrons. The summed E-state index contributed by atoms with van der Waals surface area (Å²) in [6.45, 7) is 1.90. The van der Waals surface area contributed by atoms with Gasteiger partial charge in [0.2, 0.25) is 0 Å². The van der Waals surface area contributed by atoms with Gasteiger partial charge in [0.05, 0.1) is 7.11 Å². The molecule has 0 bridgehead atoms. The van der Waals surface area contributed by atoms with Crippen molar-refractivity contribution in [3.63, 3.8) is 0 Å². The highest BCUT2D eigenvalue weighted by molar-refractivity contribution is 7.14. The Balaban J connectivity index is 1.57.